The maximum atomic E-state index is 12.8. The molecule has 0 aromatic heterocycles. The molecule has 6 heteroatoms. The van der Waals surface area contributed by atoms with E-state index in [0.717, 1.165) is 16.8 Å². The summed E-state index contributed by atoms with van der Waals surface area (Å²) < 4.78 is 5.63. The fourth-order valence-corrected chi connectivity index (χ4v) is 3.14. The van der Waals surface area contributed by atoms with E-state index < -0.39 is 12.1 Å². The zero-order valence-corrected chi connectivity index (χ0v) is 15.9. The van der Waals surface area contributed by atoms with Gasteiger partial charge in [-0.15, -0.1) is 0 Å². The normalized spacial score (nSPS) is 17.3. The molecule has 136 valence electrons. The van der Waals surface area contributed by atoms with Gasteiger partial charge in [0.25, 0.3) is 5.91 Å². The number of nitrogens with zero attached hydrogens (tertiary/aromatic N) is 1. The Labute approximate surface area is 157 Å². The number of benzene rings is 2. The number of ether oxygens (including phenoxy) is 1. The number of aryl methyl sites for hydroxylation is 1. The van der Waals surface area contributed by atoms with E-state index in [1.165, 1.54) is 4.90 Å². The molecule has 0 saturated carbocycles. The molecule has 0 saturated heterocycles. The SMILES string of the molecule is Cc1cccc(NC(=O)C(C)N2C(=O)C(C)Oc3ccc(Cl)cc32)c1C. The molecule has 0 fully saturated rings. The van der Waals surface area contributed by atoms with Crippen molar-refractivity contribution in [3.05, 3.63) is 52.5 Å². The van der Waals surface area contributed by atoms with Crippen LogP contribution in [0.2, 0.25) is 5.02 Å². The van der Waals surface area contributed by atoms with Crippen molar-refractivity contribution in [2.75, 3.05) is 10.2 Å². The molecule has 1 aliphatic heterocycles. The molecule has 0 aliphatic carbocycles. The standard InChI is InChI=1S/C20H21ClN2O3/c1-11-6-5-7-16(12(11)2)22-19(24)13(3)23-17-10-15(21)8-9-18(17)26-14(4)20(23)25/h5-10,13-14H,1-4H3,(H,22,24). The summed E-state index contributed by atoms with van der Waals surface area (Å²) in [6.45, 7) is 7.30. The first kappa shape index (κ1) is 18.3. The highest BCUT2D eigenvalue weighted by Crippen LogP contribution is 2.37. The van der Waals surface area contributed by atoms with Gasteiger partial charge in [0, 0.05) is 10.7 Å². The Morgan fingerprint density at radius 1 is 1.27 bits per heavy atom. The van der Waals surface area contributed by atoms with Crippen molar-refractivity contribution in [2.45, 2.75) is 39.8 Å². The number of fused-ring (bicyclic) bond motifs is 1. The first-order valence-corrected chi connectivity index (χ1v) is 8.83. The molecule has 0 radical (unpaired) electrons. The van der Waals surface area contributed by atoms with Crippen LogP contribution in [0.5, 0.6) is 5.75 Å². The number of anilines is 2. The summed E-state index contributed by atoms with van der Waals surface area (Å²) in [5.41, 5.74) is 3.33. The molecule has 2 aromatic rings. The van der Waals surface area contributed by atoms with E-state index in [1.807, 2.05) is 32.0 Å². The maximum absolute atomic E-state index is 12.8. The highest BCUT2D eigenvalue weighted by Gasteiger charge is 2.37. The molecule has 2 amide bonds. The predicted molar refractivity (Wildman–Crippen MR) is 103 cm³/mol. The molecule has 2 atom stereocenters. The van der Waals surface area contributed by atoms with Crippen molar-refractivity contribution in [2.24, 2.45) is 0 Å². The van der Waals surface area contributed by atoms with Gasteiger partial charge in [0.1, 0.15) is 11.8 Å². The van der Waals surface area contributed by atoms with Gasteiger partial charge in [-0.3, -0.25) is 14.5 Å². The Morgan fingerprint density at radius 2 is 2.00 bits per heavy atom. The van der Waals surface area contributed by atoms with Gasteiger partial charge < -0.3 is 10.1 Å². The van der Waals surface area contributed by atoms with Crippen molar-refractivity contribution in [1.82, 2.24) is 0 Å². The van der Waals surface area contributed by atoms with E-state index in [9.17, 15) is 9.59 Å². The smallest absolute Gasteiger partial charge is 0.268 e. The monoisotopic (exact) mass is 372 g/mol. The highest BCUT2D eigenvalue weighted by molar-refractivity contribution is 6.31. The zero-order valence-electron chi connectivity index (χ0n) is 15.2. The third-order valence-electron chi connectivity index (χ3n) is 4.70. The molecule has 3 rings (SSSR count). The van der Waals surface area contributed by atoms with Crippen LogP contribution < -0.4 is 15.0 Å². The molecule has 2 aromatic carbocycles. The summed E-state index contributed by atoms with van der Waals surface area (Å²) >= 11 is 6.08. The minimum Gasteiger partial charge on any atom is -0.479 e. The van der Waals surface area contributed by atoms with Crippen LogP contribution in [0, 0.1) is 13.8 Å². The molecule has 1 aliphatic rings. The molecule has 0 bridgehead atoms. The molecule has 5 nitrogen and oxygen atoms in total. The maximum Gasteiger partial charge on any atom is 0.268 e. The van der Waals surface area contributed by atoms with Gasteiger partial charge in [-0.25, -0.2) is 0 Å². The molecule has 1 N–H and O–H groups in total. The number of carbonyl (C=O) groups excluding carboxylic acids is 2. The van der Waals surface area contributed by atoms with E-state index in [0.29, 0.717) is 16.5 Å². The predicted octanol–water partition coefficient (Wildman–Crippen LogP) is 4.10. The number of carbonyl (C=O) groups is 2. The second-order valence-corrected chi connectivity index (χ2v) is 6.93. The van der Waals surface area contributed by atoms with Crippen molar-refractivity contribution >= 4 is 34.8 Å². The lowest BCUT2D eigenvalue weighted by Crippen LogP contribution is -2.52. The van der Waals surface area contributed by atoms with E-state index in [1.54, 1.807) is 32.0 Å². The van der Waals surface area contributed by atoms with Gasteiger partial charge in [0.2, 0.25) is 5.91 Å². The summed E-state index contributed by atoms with van der Waals surface area (Å²) in [5, 5.41) is 3.40. The minimum atomic E-state index is -0.717. The quantitative estimate of drug-likeness (QED) is 0.882. The average molecular weight is 373 g/mol. The van der Waals surface area contributed by atoms with Crippen LogP contribution in [0.25, 0.3) is 0 Å². The van der Waals surface area contributed by atoms with Crippen molar-refractivity contribution < 1.29 is 14.3 Å². The van der Waals surface area contributed by atoms with Gasteiger partial charge in [-0.2, -0.15) is 0 Å². The number of hydrogen-bond donors (Lipinski definition) is 1. The lowest BCUT2D eigenvalue weighted by molar-refractivity contribution is -0.128. The summed E-state index contributed by atoms with van der Waals surface area (Å²) in [6.07, 6.45) is -0.667. The Morgan fingerprint density at radius 3 is 2.73 bits per heavy atom. The molecule has 1 heterocycles. The van der Waals surface area contributed by atoms with Gasteiger partial charge in [-0.05, 0) is 63.1 Å². The molecule has 0 spiro atoms. The van der Waals surface area contributed by atoms with E-state index in [-0.39, 0.29) is 11.8 Å². The Kier molecular flexibility index (Phi) is 4.92. The summed E-state index contributed by atoms with van der Waals surface area (Å²) in [6, 6.07) is 10.1. The van der Waals surface area contributed by atoms with Crippen LogP contribution >= 0.6 is 11.6 Å². The Bertz CT molecular complexity index is 881. The number of halogens is 1. The van der Waals surface area contributed by atoms with E-state index in [4.69, 9.17) is 16.3 Å². The van der Waals surface area contributed by atoms with Crippen molar-refractivity contribution in [3.63, 3.8) is 0 Å². The van der Waals surface area contributed by atoms with Crippen molar-refractivity contribution in [3.8, 4) is 5.75 Å². The number of amides is 2. The van der Waals surface area contributed by atoms with Crippen LogP contribution in [0.4, 0.5) is 11.4 Å². The van der Waals surface area contributed by atoms with Gasteiger partial charge in [0.15, 0.2) is 6.10 Å². The second kappa shape index (κ2) is 7.00. The lowest BCUT2D eigenvalue weighted by Gasteiger charge is -2.36. The number of rotatable bonds is 3. The van der Waals surface area contributed by atoms with E-state index >= 15 is 0 Å². The fraction of sp³-hybridized carbons (Fsp3) is 0.300. The number of hydrogen-bond acceptors (Lipinski definition) is 3. The summed E-state index contributed by atoms with van der Waals surface area (Å²) in [4.78, 5) is 27.0. The van der Waals surface area contributed by atoms with Gasteiger partial charge in [-0.1, -0.05) is 23.7 Å². The first-order chi connectivity index (χ1) is 12.3. The minimum absolute atomic E-state index is 0.271. The average Bonchev–Trinajstić information content (AvgIpc) is 2.60. The third-order valence-corrected chi connectivity index (χ3v) is 4.93. The van der Waals surface area contributed by atoms with Crippen LogP contribution in [-0.4, -0.2) is 24.0 Å². The topological polar surface area (TPSA) is 58.6 Å². The van der Waals surface area contributed by atoms with Crippen LogP contribution in [-0.2, 0) is 9.59 Å². The van der Waals surface area contributed by atoms with Gasteiger partial charge in [0.05, 0.1) is 5.69 Å². The van der Waals surface area contributed by atoms with Crippen molar-refractivity contribution in [1.29, 1.82) is 0 Å². The lowest BCUT2D eigenvalue weighted by atomic mass is 10.1. The summed E-state index contributed by atoms with van der Waals surface area (Å²) in [7, 11) is 0. The molecule has 2 unspecified atom stereocenters. The molecular formula is C20H21ClN2O3. The Hall–Kier alpha value is -2.53. The molecule has 26 heavy (non-hydrogen) atoms. The molecular weight excluding hydrogens is 352 g/mol. The van der Waals surface area contributed by atoms with Crippen LogP contribution in [0.15, 0.2) is 36.4 Å². The Balaban J connectivity index is 1.92. The summed E-state index contributed by atoms with van der Waals surface area (Å²) in [5.74, 6) is -0.0108. The fourth-order valence-electron chi connectivity index (χ4n) is 2.97. The van der Waals surface area contributed by atoms with Crippen LogP contribution in [0.3, 0.4) is 0 Å². The third kappa shape index (κ3) is 3.27. The second-order valence-electron chi connectivity index (χ2n) is 6.49. The highest BCUT2D eigenvalue weighted by atomic mass is 35.5. The van der Waals surface area contributed by atoms with E-state index in [2.05, 4.69) is 5.32 Å². The number of nitrogens with one attached hydrogen (secondary N) is 1. The zero-order chi connectivity index (χ0) is 19.0. The first-order valence-electron chi connectivity index (χ1n) is 8.46. The van der Waals surface area contributed by atoms with Gasteiger partial charge >= 0.3 is 0 Å². The van der Waals surface area contributed by atoms with Crippen LogP contribution in [0.1, 0.15) is 25.0 Å². The largest absolute Gasteiger partial charge is 0.479 e.